The van der Waals surface area contributed by atoms with Crippen LogP contribution < -0.4 is 13.6 Å². The zero-order valence-corrected chi connectivity index (χ0v) is 52.6. The summed E-state index contributed by atoms with van der Waals surface area (Å²) in [6.45, 7) is 13.8. The second-order valence-electron chi connectivity index (χ2n) is 23.8. The van der Waals surface area contributed by atoms with Gasteiger partial charge in [0, 0.05) is 0 Å². The molecule has 3 aromatic rings. The summed E-state index contributed by atoms with van der Waals surface area (Å²) in [6.07, 6.45) is 59.3. The molecule has 0 fully saturated rings. The van der Waals surface area contributed by atoms with Crippen LogP contribution in [0.5, 0.6) is 17.2 Å². The molecule has 0 aliphatic heterocycles. The van der Waals surface area contributed by atoms with E-state index in [1.807, 2.05) is 0 Å². The van der Waals surface area contributed by atoms with E-state index >= 15 is 4.57 Å². The maximum Gasteiger partial charge on any atom is 0.647 e. The molecule has 0 spiro atoms. The number of aryl methyl sites for hydroxylation is 6. The fraction of sp³-hybridized carbons (Fsp3) is 0.750. The van der Waals surface area contributed by atoms with E-state index in [0.29, 0.717) is 17.2 Å². The number of hydrogen-bond acceptors (Lipinski definition) is 4. The molecule has 77 heavy (non-hydrogen) atoms. The monoisotopic (exact) mass is 1080 g/mol. The van der Waals surface area contributed by atoms with Crippen LogP contribution in [0.4, 0.5) is 0 Å². The number of rotatable bonds is 54. The minimum absolute atomic E-state index is 0.649. The van der Waals surface area contributed by atoms with Gasteiger partial charge in [0.15, 0.2) is 0 Å². The van der Waals surface area contributed by atoms with Gasteiger partial charge in [-0.3, -0.25) is 0 Å². The lowest BCUT2D eigenvalue weighted by atomic mass is 9.99. The van der Waals surface area contributed by atoms with Gasteiger partial charge in [0.25, 0.3) is 0 Å². The number of hydrogen-bond donors (Lipinski definition) is 0. The molecule has 0 aromatic heterocycles. The van der Waals surface area contributed by atoms with E-state index in [4.69, 9.17) is 13.6 Å². The van der Waals surface area contributed by atoms with Crippen molar-refractivity contribution in [3.8, 4) is 17.2 Å². The Hall–Kier alpha value is -2.71. The van der Waals surface area contributed by atoms with Crippen LogP contribution in [0.15, 0.2) is 54.6 Å². The quantitative estimate of drug-likeness (QED) is 0.0417. The molecule has 5 heteroatoms. The average Bonchev–Trinajstić information content (AvgIpc) is 3.43. The minimum atomic E-state index is -4.30. The maximum atomic E-state index is 16.2. The van der Waals surface area contributed by atoms with Gasteiger partial charge < -0.3 is 13.6 Å². The van der Waals surface area contributed by atoms with Crippen molar-refractivity contribution in [3.05, 3.63) is 88.0 Å². The Labute approximate surface area is 478 Å². The van der Waals surface area contributed by atoms with E-state index < -0.39 is 7.82 Å². The van der Waals surface area contributed by atoms with Gasteiger partial charge in [0.2, 0.25) is 0 Å². The molecular formula is C72H123O4P. The van der Waals surface area contributed by atoms with Gasteiger partial charge in [0.05, 0.1) is 0 Å². The van der Waals surface area contributed by atoms with Gasteiger partial charge in [-0.1, -0.05) is 309 Å². The summed E-state index contributed by atoms with van der Waals surface area (Å²) in [4.78, 5) is 0. The first-order valence-electron chi connectivity index (χ1n) is 33.9. The highest BCUT2D eigenvalue weighted by molar-refractivity contribution is 7.49. The van der Waals surface area contributed by atoms with E-state index in [1.54, 1.807) is 0 Å². The second-order valence-corrected chi connectivity index (χ2v) is 25.2. The first-order valence-corrected chi connectivity index (χ1v) is 35.4. The van der Waals surface area contributed by atoms with E-state index in [9.17, 15) is 0 Å². The fourth-order valence-corrected chi connectivity index (χ4v) is 12.7. The van der Waals surface area contributed by atoms with Crippen LogP contribution in [0.3, 0.4) is 0 Å². The molecule has 4 nitrogen and oxygen atoms in total. The molecule has 440 valence electrons. The van der Waals surface area contributed by atoms with E-state index in [1.165, 1.54) is 267 Å². The molecule has 3 aromatic carbocycles. The third kappa shape index (κ3) is 33.6. The van der Waals surface area contributed by atoms with Crippen molar-refractivity contribution >= 4 is 7.82 Å². The van der Waals surface area contributed by atoms with Gasteiger partial charge in [0.1, 0.15) is 17.2 Å². The summed E-state index contributed by atoms with van der Waals surface area (Å²) in [5.41, 5.74) is 7.45. The van der Waals surface area contributed by atoms with Crippen molar-refractivity contribution in [2.45, 2.75) is 350 Å². The molecule has 3 rings (SSSR count). The Morgan fingerprint density at radius 3 is 0.636 bits per heavy atom. The summed E-state index contributed by atoms with van der Waals surface area (Å²) in [5.74, 6) is 1.95. The standard InChI is InChI=1S/C72H123O4P/c1-7-13-19-25-31-37-43-49-64-55-58-70(67(61-64)52-46-40-34-28-22-16-10-4)74-77(73,75-71-59-56-65(50-44-38-32-26-20-14-8-2)62-68(71)53-47-41-35-29-23-17-11-5)76-72-60-57-66(51-45-39-33-27-21-15-9-3)63-69(72)54-48-42-36-30-24-18-12-6/h55-63H,7-54H2,1-6H3. The highest BCUT2D eigenvalue weighted by atomic mass is 31.2. The molecule has 0 aliphatic rings. The van der Waals surface area contributed by atoms with Gasteiger partial charge >= 0.3 is 7.82 Å². The topological polar surface area (TPSA) is 44.8 Å². The minimum Gasteiger partial charge on any atom is -0.386 e. The predicted molar refractivity (Wildman–Crippen MR) is 339 cm³/mol. The molecule has 0 heterocycles. The number of unbranched alkanes of at least 4 members (excludes halogenated alkanes) is 36. The molecule has 0 radical (unpaired) electrons. The lowest BCUT2D eigenvalue weighted by Crippen LogP contribution is -2.11. The highest BCUT2D eigenvalue weighted by Crippen LogP contribution is 2.52. The summed E-state index contributed by atoms with van der Waals surface area (Å²) >= 11 is 0. The summed E-state index contributed by atoms with van der Waals surface area (Å²) < 4.78 is 37.1. The van der Waals surface area contributed by atoms with Crippen LogP contribution in [0, 0.1) is 0 Å². The molecule has 0 atom stereocenters. The summed E-state index contributed by atoms with van der Waals surface area (Å²) in [5, 5.41) is 0. The lowest BCUT2D eigenvalue weighted by Gasteiger charge is -2.24. The van der Waals surface area contributed by atoms with E-state index in [-0.39, 0.29) is 0 Å². The molecule has 0 amide bonds. The Kier molecular flexibility index (Phi) is 41.8. The molecule has 0 bridgehead atoms. The highest BCUT2D eigenvalue weighted by Gasteiger charge is 2.36. The molecule has 0 aliphatic carbocycles. The van der Waals surface area contributed by atoms with E-state index in [2.05, 4.69) is 96.1 Å². The van der Waals surface area contributed by atoms with Crippen molar-refractivity contribution < 1.29 is 18.1 Å². The van der Waals surface area contributed by atoms with Crippen molar-refractivity contribution in [1.82, 2.24) is 0 Å². The van der Waals surface area contributed by atoms with E-state index in [0.717, 1.165) is 74.5 Å². The zero-order chi connectivity index (χ0) is 55.1. The third-order valence-electron chi connectivity index (χ3n) is 16.4. The zero-order valence-electron chi connectivity index (χ0n) is 51.7. The van der Waals surface area contributed by atoms with Crippen molar-refractivity contribution in [3.63, 3.8) is 0 Å². The molecule has 0 saturated carbocycles. The Bertz CT molecular complexity index is 1670. The lowest BCUT2D eigenvalue weighted by molar-refractivity contribution is 0.295. The number of phosphoric ester groups is 1. The molecule has 0 unspecified atom stereocenters. The van der Waals surface area contributed by atoms with Gasteiger partial charge in [-0.25, -0.2) is 0 Å². The van der Waals surface area contributed by atoms with Crippen LogP contribution in [0.1, 0.15) is 345 Å². The largest absolute Gasteiger partial charge is 0.647 e. The maximum absolute atomic E-state index is 16.2. The Morgan fingerprint density at radius 2 is 0.429 bits per heavy atom. The SMILES string of the molecule is CCCCCCCCCc1ccc(OP(=O)(Oc2ccc(CCCCCCCCC)cc2CCCCCCCCC)Oc2ccc(CCCCCCCCC)cc2CCCCCCCCC)c(CCCCCCCCC)c1. The van der Waals surface area contributed by atoms with Gasteiger partial charge in [-0.2, -0.15) is 4.57 Å². The third-order valence-corrected chi connectivity index (χ3v) is 17.6. The Morgan fingerprint density at radius 1 is 0.247 bits per heavy atom. The number of phosphoric acid groups is 1. The summed E-state index contributed by atoms with van der Waals surface area (Å²) in [6, 6.07) is 20.1. The van der Waals surface area contributed by atoms with Crippen LogP contribution >= 0.6 is 7.82 Å². The molecular weight excluding hydrogens is 960 g/mol. The van der Waals surface area contributed by atoms with Crippen LogP contribution in [0.2, 0.25) is 0 Å². The Balaban J connectivity index is 2.06. The predicted octanol–water partition coefficient (Wildman–Crippen LogP) is 25.1. The normalized spacial score (nSPS) is 11.7. The van der Waals surface area contributed by atoms with Gasteiger partial charge in [-0.05, 0) is 129 Å². The van der Waals surface area contributed by atoms with Gasteiger partial charge in [-0.15, -0.1) is 0 Å². The first kappa shape index (κ1) is 68.6. The smallest absolute Gasteiger partial charge is 0.386 e. The fourth-order valence-electron chi connectivity index (χ4n) is 11.3. The number of benzene rings is 3. The van der Waals surface area contributed by atoms with Crippen LogP contribution in [-0.2, 0) is 43.1 Å². The van der Waals surface area contributed by atoms with Crippen molar-refractivity contribution in [2.75, 3.05) is 0 Å². The second kappa shape index (κ2) is 47.0. The first-order chi connectivity index (χ1) is 37.9. The van der Waals surface area contributed by atoms with Crippen LogP contribution in [0.25, 0.3) is 0 Å². The summed E-state index contributed by atoms with van der Waals surface area (Å²) in [7, 11) is -4.30. The van der Waals surface area contributed by atoms with Crippen LogP contribution in [-0.4, -0.2) is 0 Å². The van der Waals surface area contributed by atoms with Crippen molar-refractivity contribution in [1.29, 1.82) is 0 Å². The molecule has 0 N–H and O–H groups in total. The average molecular weight is 1080 g/mol. The van der Waals surface area contributed by atoms with Crippen molar-refractivity contribution in [2.24, 2.45) is 0 Å². The molecule has 0 saturated heterocycles.